The quantitative estimate of drug-likeness (QED) is 0.673. The number of aromatic hydroxyl groups is 1. The van der Waals surface area contributed by atoms with Gasteiger partial charge in [-0.1, -0.05) is 23.8 Å². The molecule has 0 aliphatic carbocycles. The molecule has 2 aromatic rings. The topological polar surface area (TPSA) is 32.3 Å². The van der Waals surface area contributed by atoms with Crippen molar-refractivity contribution in [2.45, 2.75) is 6.92 Å². The Balaban J connectivity index is 2.84. The van der Waals surface area contributed by atoms with Crippen molar-refractivity contribution in [2.75, 3.05) is 12.4 Å². The lowest BCUT2D eigenvalue weighted by atomic mass is 10.1. The van der Waals surface area contributed by atoms with Gasteiger partial charge in [0.05, 0.1) is 5.69 Å². The molecule has 0 saturated carbocycles. The molecule has 0 heterocycles. The summed E-state index contributed by atoms with van der Waals surface area (Å²) >= 11 is 0. The first kappa shape index (κ1) is 8.88. The first-order valence-corrected chi connectivity index (χ1v) is 4.62. The SMILES string of the molecule is CNc1c(O)ccc2ccc(C)cc12. The predicted molar refractivity (Wildman–Crippen MR) is 59.9 cm³/mol. The number of phenolic OH excluding ortho intramolecular Hbond substituents is 1. The predicted octanol–water partition coefficient (Wildman–Crippen LogP) is 2.90. The first-order valence-electron chi connectivity index (χ1n) is 4.62. The molecule has 0 fully saturated rings. The van der Waals surface area contributed by atoms with Gasteiger partial charge in [0.25, 0.3) is 0 Å². The summed E-state index contributed by atoms with van der Waals surface area (Å²) in [6.07, 6.45) is 0. The van der Waals surface area contributed by atoms with E-state index < -0.39 is 0 Å². The van der Waals surface area contributed by atoms with Crippen molar-refractivity contribution in [1.29, 1.82) is 0 Å². The average molecular weight is 187 g/mol. The zero-order valence-corrected chi connectivity index (χ0v) is 8.33. The third-order valence-corrected chi connectivity index (χ3v) is 2.41. The summed E-state index contributed by atoms with van der Waals surface area (Å²) in [5.41, 5.74) is 1.99. The van der Waals surface area contributed by atoms with E-state index in [0.29, 0.717) is 5.75 Å². The largest absolute Gasteiger partial charge is 0.506 e. The van der Waals surface area contributed by atoms with Crippen molar-refractivity contribution in [1.82, 2.24) is 0 Å². The molecule has 0 bridgehead atoms. The van der Waals surface area contributed by atoms with Crippen molar-refractivity contribution in [3.63, 3.8) is 0 Å². The minimum absolute atomic E-state index is 0.297. The monoisotopic (exact) mass is 187 g/mol. The number of hydrogen-bond acceptors (Lipinski definition) is 2. The molecule has 0 amide bonds. The Kier molecular flexibility index (Phi) is 2.04. The van der Waals surface area contributed by atoms with Crippen molar-refractivity contribution in [2.24, 2.45) is 0 Å². The third-order valence-electron chi connectivity index (χ3n) is 2.41. The number of fused-ring (bicyclic) bond motifs is 1. The van der Waals surface area contributed by atoms with E-state index >= 15 is 0 Å². The van der Waals surface area contributed by atoms with Crippen LogP contribution in [-0.4, -0.2) is 12.2 Å². The van der Waals surface area contributed by atoms with Gasteiger partial charge >= 0.3 is 0 Å². The Hall–Kier alpha value is -1.70. The van der Waals surface area contributed by atoms with E-state index in [2.05, 4.69) is 23.5 Å². The maximum atomic E-state index is 9.64. The summed E-state index contributed by atoms with van der Waals surface area (Å²) in [5, 5.41) is 14.9. The Morgan fingerprint density at radius 2 is 1.86 bits per heavy atom. The molecule has 0 radical (unpaired) electrons. The van der Waals surface area contributed by atoms with Crippen LogP contribution in [0.2, 0.25) is 0 Å². The van der Waals surface area contributed by atoms with Crippen molar-refractivity contribution < 1.29 is 5.11 Å². The third kappa shape index (κ3) is 1.29. The highest BCUT2D eigenvalue weighted by Crippen LogP contribution is 2.32. The number of nitrogens with one attached hydrogen (secondary N) is 1. The Morgan fingerprint density at radius 3 is 2.57 bits per heavy atom. The highest BCUT2D eigenvalue weighted by Gasteiger charge is 2.04. The second kappa shape index (κ2) is 3.22. The maximum absolute atomic E-state index is 9.64. The molecule has 0 unspecified atom stereocenters. The van der Waals surface area contributed by atoms with E-state index in [9.17, 15) is 5.11 Å². The fraction of sp³-hybridized carbons (Fsp3) is 0.167. The summed E-state index contributed by atoms with van der Waals surface area (Å²) in [5.74, 6) is 0.297. The first-order chi connectivity index (χ1) is 6.72. The molecule has 2 heteroatoms. The minimum atomic E-state index is 0.297. The van der Waals surface area contributed by atoms with Crippen LogP contribution < -0.4 is 5.32 Å². The zero-order chi connectivity index (χ0) is 10.1. The van der Waals surface area contributed by atoms with Crippen LogP contribution in [0.4, 0.5) is 5.69 Å². The highest BCUT2D eigenvalue weighted by molar-refractivity contribution is 5.97. The van der Waals surface area contributed by atoms with E-state index in [1.165, 1.54) is 5.56 Å². The summed E-state index contributed by atoms with van der Waals surface area (Å²) in [6.45, 7) is 2.04. The Morgan fingerprint density at radius 1 is 1.14 bits per heavy atom. The summed E-state index contributed by atoms with van der Waals surface area (Å²) in [7, 11) is 1.82. The molecule has 14 heavy (non-hydrogen) atoms. The minimum Gasteiger partial charge on any atom is -0.506 e. The summed E-state index contributed by atoms with van der Waals surface area (Å²) in [6, 6.07) is 9.83. The van der Waals surface area contributed by atoms with Gasteiger partial charge in [0.15, 0.2) is 0 Å². The van der Waals surface area contributed by atoms with Gasteiger partial charge in [-0.25, -0.2) is 0 Å². The lowest BCUT2D eigenvalue weighted by Gasteiger charge is -2.08. The van der Waals surface area contributed by atoms with Crippen LogP contribution in [0.5, 0.6) is 5.75 Å². The fourth-order valence-electron chi connectivity index (χ4n) is 1.68. The molecule has 2 N–H and O–H groups in total. The van der Waals surface area contributed by atoms with Crippen molar-refractivity contribution in [3.8, 4) is 5.75 Å². The fourth-order valence-corrected chi connectivity index (χ4v) is 1.68. The summed E-state index contributed by atoms with van der Waals surface area (Å²) in [4.78, 5) is 0. The Labute approximate surface area is 83.2 Å². The van der Waals surface area contributed by atoms with Crippen molar-refractivity contribution in [3.05, 3.63) is 35.9 Å². The molecule has 0 aliphatic heterocycles. The molecule has 2 aromatic carbocycles. The normalized spacial score (nSPS) is 10.4. The van der Waals surface area contributed by atoms with E-state index in [-0.39, 0.29) is 0 Å². The van der Waals surface area contributed by atoms with E-state index in [1.54, 1.807) is 6.07 Å². The van der Waals surface area contributed by atoms with Crippen LogP contribution in [0.3, 0.4) is 0 Å². The molecule has 0 aliphatic rings. The van der Waals surface area contributed by atoms with Gasteiger partial charge in [0, 0.05) is 12.4 Å². The van der Waals surface area contributed by atoms with E-state index in [4.69, 9.17) is 0 Å². The molecule has 2 rings (SSSR count). The van der Waals surface area contributed by atoms with Gasteiger partial charge in [0.2, 0.25) is 0 Å². The van der Waals surface area contributed by atoms with Gasteiger partial charge in [-0.2, -0.15) is 0 Å². The van der Waals surface area contributed by atoms with Gasteiger partial charge in [-0.3, -0.25) is 0 Å². The molecule has 0 saturated heterocycles. The van der Waals surface area contributed by atoms with E-state index in [1.807, 2.05) is 20.0 Å². The Bertz CT molecular complexity index is 472. The second-order valence-corrected chi connectivity index (χ2v) is 3.43. The van der Waals surface area contributed by atoms with Crippen LogP contribution in [0.1, 0.15) is 5.56 Å². The number of hydrogen-bond donors (Lipinski definition) is 2. The maximum Gasteiger partial charge on any atom is 0.139 e. The smallest absolute Gasteiger partial charge is 0.139 e. The number of benzene rings is 2. The number of rotatable bonds is 1. The molecule has 0 atom stereocenters. The van der Waals surface area contributed by atoms with E-state index in [0.717, 1.165) is 16.5 Å². The average Bonchev–Trinajstić information content (AvgIpc) is 2.17. The number of phenols is 1. The zero-order valence-electron chi connectivity index (χ0n) is 8.33. The van der Waals surface area contributed by atoms with Crippen molar-refractivity contribution >= 4 is 16.5 Å². The van der Waals surface area contributed by atoms with Gasteiger partial charge in [-0.15, -0.1) is 0 Å². The molecule has 72 valence electrons. The number of anilines is 1. The van der Waals surface area contributed by atoms with Gasteiger partial charge in [-0.05, 0) is 24.4 Å². The standard InChI is InChI=1S/C12H13NO/c1-8-3-4-9-5-6-11(14)12(13-2)10(9)7-8/h3-7,13-14H,1-2H3. The molecular weight excluding hydrogens is 174 g/mol. The van der Waals surface area contributed by atoms with Crippen LogP contribution in [0, 0.1) is 6.92 Å². The molecule has 0 spiro atoms. The van der Waals surface area contributed by atoms with Crippen LogP contribution in [0.15, 0.2) is 30.3 Å². The molecular formula is C12H13NO. The van der Waals surface area contributed by atoms with Gasteiger partial charge in [0.1, 0.15) is 5.75 Å². The molecule has 2 nitrogen and oxygen atoms in total. The van der Waals surface area contributed by atoms with Crippen LogP contribution in [-0.2, 0) is 0 Å². The number of aryl methyl sites for hydroxylation is 1. The summed E-state index contributed by atoms with van der Waals surface area (Å²) < 4.78 is 0. The highest BCUT2D eigenvalue weighted by atomic mass is 16.3. The van der Waals surface area contributed by atoms with Crippen LogP contribution >= 0.6 is 0 Å². The lowest BCUT2D eigenvalue weighted by molar-refractivity contribution is 0.478. The second-order valence-electron chi connectivity index (χ2n) is 3.43. The molecule has 0 aromatic heterocycles. The van der Waals surface area contributed by atoms with Gasteiger partial charge < -0.3 is 10.4 Å². The van der Waals surface area contributed by atoms with Crippen LogP contribution in [0.25, 0.3) is 10.8 Å². The lowest BCUT2D eigenvalue weighted by Crippen LogP contribution is -1.90.